The van der Waals surface area contributed by atoms with E-state index in [0.29, 0.717) is 16.4 Å². The number of hydrogen-bond acceptors (Lipinski definition) is 3. The number of benzene rings is 1. The first-order valence-electron chi connectivity index (χ1n) is 3.74. The van der Waals surface area contributed by atoms with Crippen LogP contribution in [-0.2, 0) is 0 Å². The van der Waals surface area contributed by atoms with Gasteiger partial charge in [0.1, 0.15) is 0 Å². The van der Waals surface area contributed by atoms with Gasteiger partial charge in [0.15, 0.2) is 0 Å². The fourth-order valence-corrected chi connectivity index (χ4v) is 1.11. The topological polar surface area (TPSA) is 60.7 Å². The summed E-state index contributed by atoms with van der Waals surface area (Å²) in [5, 5.41) is 26.4. The Hall–Kier alpha value is -0.705. The zero-order chi connectivity index (χ0) is 8.97. The molecule has 0 aliphatic rings. The second-order valence-electron chi connectivity index (χ2n) is 2.63. The van der Waals surface area contributed by atoms with Gasteiger partial charge in [0.05, 0.1) is 0 Å². The van der Waals surface area contributed by atoms with Crippen LogP contribution in [0, 0.1) is 0 Å². The predicted octanol–water partition coefficient (Wildman–Crippen LogP) is -4.41. The van der Waals surface area contributed by atoms with E-state index in [1.54, 1.807) is 18.2 Å². The van der Waals surface area contributed by atoms with Gasteiger partial charge < -0.3 is 15.1 Å². The molecule has 0 saturated carbocycles. The molecular formula is C6H9B3O3. The average Bonchev–Trinajstić information content (AvgIpc) is 2.16. The summed E-state index contributed by atoms with van der Waals surface area (Å²) in [5.74, 6) is 0. The Labute approximate surface area is 72.9 Å². The minimum absolute atomic E-state index is 0.0686. The van der Waals surface area contributed by atoms with Crippen molar-refractivity contribution >= 4 is 38.8 Å². The van der Waals surface area contributed by atoms with Gasteiger partial charge >= 0.3 is 22.4 Å². The summed E-state index contributed by atoms with van der Waals surface area (Å²) >= 11 is 0. The van der Waals surface area contributed by atoms with Crippen molar-refractivity contribution in [3.63, 3.8) is 0 Å². The molecule has 0 bridgehead atoms. The highest BCUT2D eigenvalue weighted by molar-refractivity contribution is 6.54. The molecule has 1 aromatic carbocycles. The van der Waals surface area contributed by atoms with E-state index in [9.17, 15) is 0 Å². The van der Waals surface area contributed by atoms with Gasteiger partial charge in [0.25, 0.3) is 0 Å². The molecule has 0 radical (unpaired) electrons. The smallest absolute Gasteiger partial charge is 0.304 e. The summed E-state index contributed by atoms with van der Waals surface area (Å²) in [6, 6.07) is 5.12. The van der Waals surface area contributed by atoms with E-state index in [2.05, 4.69) is 0 Å². The van der Waals surface area contributed by atoms with Gasteiger partial charge in [0.2, 0.25) is 0 Å². The Bertz CT molecular complexity index is 211. The monoisotopic (exact) mass is 162 g/mol. The highest BCUT2D eigenvalue weighted by Gasteiger charge is 2.01. The third kappa shape index (κ3) is 2.14. The van der Waals surface area contributed by atoms with Gasteiger partial charge in [-0.25, -0.2) is 0 Å². The van der Waals surface area contributed by atoms with Crippen molar-refractivity contribution in [2.45, 2.75) is 0 Å². The normalized spacial score (nSPS) is 9.25. The lowest BCUT2D eigenvalue weighted by Gasteiger charge is -2.02. The van der Waals surface area contributed by atoms with Gasteiger partial charge in [-0.3, -0.25) is 0 Å². The van der Waals surface area contributed by atoms with Gasteiger partial charge in [-0.05, 0) is 0 Å². The predicted molar refractivity (Wildman–Crippen MR) is 53.4 cm³/mol. The van der Waals surface area contributed by atoms with Crippen LogP contribution in [0.4, 0.5) is 0 Å². The van der Waals surface area contributed by atoms with E-state index in [1.165, 1.54) is 0 Å². The lowest BCUT2D eigenvalue weighted by molar-refractivity contribution is 0.614. The van der Waals surface area contributed by atoms with Crippen LogP contribution in [0.1, 0.15) is 0 Å². The van der Waals surface area contributed by atoms with Crippen LogP contribution < -0.4 is 16.4 Å². The molecule has 0 aliphatic heterocycles. The summed E-state index contributed by atoms with van der Waals surface area (Å²) in [7, 11) is -0.206. The molecule has 0 atom stereocenters. The third-order valence-electron chi connectivity index (χ3n) is 1.66. The van der Waals surface area contributed by atoms with Crippen LogP contribution in [0.3, 0.4) is 0 Å². The van der Waals surface area contributed by atoms with Crippen LogP contribution in [-0.4, -0.2) is 37.5 Å². The summed E-state index contributed by atoms with van der Waals surface area (Å²) < 4.78 is 0. The number of rotatable bonds is 3. The van der Waals surface area contributed by atoms with Crippen LogP contribution >= 0.6 is 0 Å². The molecule has 3 nitrogen and oxygen atoms in total. The van der Waals surface area contributed by atoms with Crippen molar-refractivity contribution < 1.29 is 15.1 Å². The lowest BCUT2D eigenvalue weighted by Crippen LogP contribution is -2.31. The van der Waals surface area contributed by atoms with Crippen molar-refractivity contribution in [2.75, 3.05) is 0 Å². The highest BCUT2D eigenvalue weighted by atomic mass is 16.2. The molecule has 0 unspecified atom stereocenters. The Morgan fingerprint density at radius 1 is 0.667 bits per heavy atom. The third-order valence-corrected chi connectivity index (χ3v) is 1.66. The molecule has 3 N–H and O–H groups in total. The summed E-state index contributed by atoms with van der Waals surface area (Å²) in [6.45, 7) is 0. The van der Waals surface area contributed by atoms with Crippen LogP contribution in [0.2, 0.25) is 0 Å². The Kier molecular flexibility index (Phi) is 3.40. The van der Waals surface area contributed by atoms with Crippen molar-refractivity contribution in [3.05, 3.63) is 18.2 Å². The van der Waals surface area contributed by atoms with E-state index >= 15 is 0 Å². The van der Waals surface area contributed by atoms with Crippen molar-refractivity contribution in [1.29, 1.82) is 0 Å². The number of hydrogen-bond donors (Lipinski definition) is 3. The molecule has 0 fully saturated rings. The molecule has 0 spiro atoms. The Morgan fingerprint density at radius 3 is 1.08 bits per heavy atom. The standard InChI is InChI=1S/C6H9B3O3/c10-7-4-1-5(8-11)3-6(2-4)9-12/h1-3,7-12H. The molecular weight excluding hydrogens is 152 g/mol. The largest absolute Gasteiger partial charge is 0.449 e. The zero-order valence-corrected chi connectivity index (χ0v) is 6.70. The van der Waals surface area contributed by atoms with Gasteiger partial charge in [-0.2, -0.15) is 0 Å². The van der Waals surface area contributed by atoms with Gasteiger partial charge in [0, 0.05) is 0 Å². The van der Waals surface area contributed by atoms with E-state index < -0.39 is 0 Å². The highest BCUT2D eigenvalue weighted by Crippen LogP contribution is 1.75. The molecule has 6 heteroatoms. The second kappa shape index (κ2) is 4.35. The molecule has 0 saturated heterocycles. The van der Waals surface area contributed by atoms with Crippen molar-refractivity contribution in [2.24, 2.45) is 0 Å². The first-order valence-corrected chi connectivity index (χ1v) is 3.74. The summed E-state index contributed by atoms with van der Waals surface area (Å²) in [6.07, 6.45) is 0. The fraction of sp³-hybridized carbons (Fsp3) is 0. The molecule has 12 heavy (non-hydrogen) atoms. The first kappa shape index (κ1) is 9.38. The second-order valence-corrected chi connectivity index (χ2v) is 2.63. The Balaban J connectivity index is 3.01. The summed E-state index contributed by atoms with van der Waals surface area (Å²) in [5.41, 5.74) is 2.14. The van der Waals surface area contributed by atoms with Crippen LogP contribution in [0.15, 0.2) is 18.2 Å². The van der Waals surface area contributed by atoms with Crippen molar-refractivity contribution in [3.8, 4) is 0 Å². The maximum Gasteiger partial charge on any atom is 0.304 e. The first-order chi connectivity index (χ1) is 5.80. The van der Waals surface area contributed by atoms with E-state index in [-0.39, 0.29) is 22.4 Å². The molecule has 0 aromatic heterocycles. The molecule has 60 valence electrons. The maximum atomic E-state index is 8.81. The van der Waals surface area contributed by atoms with Crippen LogP contribution in [0.5, 0.6) is 0 Å². The SMILES string of the molecule is OBc1cc(BO)cc(BO)c1. The molecule has 0 amide bonds. The van der Waals surface area contributed by atoms with Gasteiger partial charge in [-0.1, -0.05) is 34.6 Å². The van der Waals surface area contributed by atoms with Crippen LogP contribution in [0.25, 0.3) is 0 Å². The van der Waals surface area contributed by atoms with Crippen molar-refractivity contribution in [1.82, 2.24) is 0 Å². The zero-order valence-electron chi connectivity index (χ0n) is 6.70. The molecule has 1 aromatic rings. The minimum atomic E-state index is -0.0686. The molecule has 0 aliphatic carbocycles. The van der Waals surface area contributed by atoms with E-state index in [4.69, 9.17) is 15.1 Å². The quantitative estimate of drug-likeness (QED) is 0.393. The van der Waals surface area contributed by atoms with Gasteiger partial charge in [-0.15, -0.1) is 0 Å². The Morgan fingerprint density at radius 2 is 0.917 bits per heavy atom. The summed E-state index contributed by atoms with van der Waals surface area (Å²) in [4.78, 5) is 0. The average molecular weight is 162 g/mol. The van der Waals surface area contributed by atoms with E-state index in [0.717, 1.165) is 0 Å². The molecule has 1 rings (SSSR count). The lowest BCUT2D eigenvalue weighted by atomic mass is 9.74. The molecule has 0 heterocycles. The fourth-order valence-electron chi connectivity index (χ4n) is 1.11. The maximum absolute atomic E-state index is 8.81. The van der Waals surface area contributed by atoms with E-state index in [1.807, 2.05) is 0 Å². The minimum Gasteiger partial charge on any atom is -0.449 e.